The summed E-state index contributed by atoms with van der Waals surface area (Å²) in [6.07, 6.45) is 2.77. The maximum Gasteiger partial charge on any atom is 0.169 e. The molecule has 0 fully saturated rings. The van der Waals surface area contributed by atoms with Crippen molar-refractivity contribution in [1.82, 2.24) is 0 Å². The van der Waals surface area contributed by atoms with Gasteiger partial charge in [0.15, 0.2) is 24.8 Å². The van der Waals surface area contributed by atoms with Gasteiger partial charge in [-0.15, -0.1) is 0 Å². The zero-order valence-corrected chi connectivity index (χ0v) is 17.2. The van der Waals surface area contributed by atoms with Crippen molar-refractivity contribution in [2.24, 2.45) is 0 Å². The fraction of sp³-hybridized carbons (Fsp3) is 0.333. The molecule has 2 rings (SSSR count). The van der Waals surface area contributed by atoms with Crippen LogP contribution in [0.25, 0.3) is 0 Å². The van der Waals surface area contributed by atoms with Crippen molar-refractivity contribution in [3.8, 4) is 0 Å². The molecule has 0 amide bonds. The Morgan fingerprint density at radius 1 is 0.733 bits per heavy atom. The molecule has 0 bridgehead atoms. The van der Waals surface area contributed by atoms with Gasteiger partial charge >= 0.3 is 0 Å². The quantitative estimate of drug-likeness (QED) is 0.465. The van der Waals surface area contributed by atoms with Gasteiger partial charge in [0.25, 0.3) is 0 Å². The van der Waals surface area contributed by atoms with Crippen LogP contribution in [0.1, 0.15) is 0 Å². The van der Waals surface area contributed by atoms with Crippen molar-refractivity contribution in [3.63, 3.8) is 0 Å². The van der Waals surface area contributed by atoms with E-state index >= 15 is 0 Å². The first kappa shape index (κ1) is 31.4. The van der Waals surface area contributed by atoms with Crippen LogP contribution >= 0.6 is 0 Å². The number of rotatable bonds is 5. The first-order valence-electron chi connectivity index (χ1n) is 8.12. The highest BCUT2D eigenvalue weighted by Crippen LogP contribution is 2.05. The Morgan fingerprint density at radius 3 is 1.10 bits per heavy atom. The molecule has 0 spiro atoms. The van der Waals surface area contributed by atoms with Crippen LogP contribution in [0.3, 0.4) is 0 Å². The van der Waals surface area contributed by atoms with Crippen LogP contribution < -0.4 is 30.0 Å². The summed E-state index contributed by atoms with van der Waals surface area (Å²) in [5.41, 5.74) is 2.43. The van der Waals surface area contributed by atoms with Crippen LogP contribution in [-0.4, -0.2) is 73.5 Å². The molecule has 0 aliphatic carbocycles. The number of nitrogens with one attached hydrogen (secondary N) is 2. The van der Waals surface area contributed by atoms with E-state index in [2.05, 4.69) is 19.8 Å². The predicted molar refractivity (Wildman–Crippen MR) is 104 cm³/mol. The van der Waals surface area contributed by atoms with Gasteiger partial charge in [-0.05, 0) is 0 Å². The topological polar surface area (TPSA) is 218 Å². The van der Waals surface area contributed by atoms with Gasteiger partial charge in [0.1, 0.15) is 12.2 Å². The molecule has 0 aromatic carbocycles. The minimum atomic E-state index is -2.44. The summed E-state index contributed by atoms with van der Waals surface area (Å²) < 4.78 is 0. The highest BCUT2D eigenvalue weighted by atomic mass is 16.4. The van der Waals surface area contributed by atoms with Gasteiger partial charge in [0, 0.05) is 63.8 Å². The van der Waals surface area contributed by atoms with E-state index in [0.29, 0.717) is 0 Å². The fourth-order valence-electron chi connectivity index (χ4n) is 1.61. The first-order chi connectivity index (χ1) is 13.1. The lowest BCUT2D eigenvalue weighted by Gasteiger charge is -2.18. The minimum Gasteiger partial charge on any atom is -0.547 e. The zero-order chi connectivity index (χ0) is 21.7. The summed E-state index contributed by atoms with van der Waals surface area (Å²) in [6.45, 7) is 0. The second kappa shape index (κ2) is 16.6. The molecule has 2 aromatic rings. The molecule has 0 aliphatic rings. The number of hydrogen-bond donors (Lipinski definition) is 2. The third-order valence-electron chi connectivity index (χ3n) is 3.22. The summed E-state index contributed by atoms with van der Waals surface area (Å²) in [7, 11) is 8.09. The van der Waals surface area contributed by atoms with Crippen molar-refractivity contribution < 1.29 is 50.9 Å². The van der Waals surface area contributed by atoms with Crippen LogP contribution in [-0.2, 0) is 9.59 Å². The molecular formula is C18H30N4O8. The molecule has 0 saturated carbocycles. The Bertz CT molecular complexity index is 640. The maximum atomic E-state index is 9.63. The summed E-state index contributed by atoms with van der Waals surface area (Å²) in [4.78, 5) is 29.3. The normalized spacial score (nSPS) is 10.7. The number of carbonyl (C=O) groups excluding carboxylic acids is 2. The van der Waals surface area contributed by atoms with E-state index in [1.54, 1.807) is 0 Å². The number of carboxylic acids is 2. The van der Waals surface area contributed by atoms with Crippen molar-refractivity contribution in [1.29, 1.82) is 0 Å². The Labute approximate surface area is 174 Å². The van der Waals surface area contributed by atoms with Gasteiger partial charge in [0.05, 0.1) is 11.9 Å². The minimum absolute atomic E-state index is 0. The second-order valence-corrected chi connectivity index (χ2v) is 5.83. The van der Waals surface area contributed by atoms with Crippen LogP contribution in [0.15, 0.2) is 49.1 Å². The van der Waals surface area contributed by atoms with Gasteiger partial charge in [0.2, 0.25) is 0 Å². The van der Waals surface area contributed by atoms with Crippen molar-refractivity contribution in [3.05, 3.63) is 49.1 Å². The molecule has 2 atom stereocenters. The molecule has 12 nitrogen and oxygen atoms in total. The predicted octanol–water partition coefficient (Wildman–Crippen LogP) is -5.31. The highest BCUT2D eigenvalue weighted by molar-refractivity contribution is 5.80. The lowest BCUT2D eigenvalue weighted by molar-refractivity contribution is -0.378. The van der Waals surface area contributed by atoms with Crippen molar-refractivity contribution in [2.45, 2.75) is 12.2 Å². The number of anilines is 2. The number of nitrogens with zero attached hydrogens (tertiary/aromatic N) is 2. The monoisotopic (exact) mass is 430 g/mol. The number of hydrogen-bond acceptors (Lipinski definition) is 8. The smallest absolute Gasteiger partial charge is 0.169 e. The van der Waals surface area contributed by atoms with Gasteiger partial charge in [-0.25, -0.2) is 9.97 Å². The third kappa shape index (κ3) is 13.0. The lowest BCUT2D eigenvalue weighted by Crippen LogP contribution is -2.51. The fourth-order valence-corrected chi connectivity index (χ4v) is 1.61. The number of pyridine rings is 2. The molecule has 0 radical (unpaired) electrons. The molecule has 170 valence electrons. The molecule has 12 heteroatoms. The Morgan fingerprint density at radius 2 is 0.967 bits per heavy atom. The van der Waals surface area contributed by atoms with Gasteiger partial charge < -0.3 is 50.8 Å². The van der Waals surface area contributed by atoms with E-state index < -0.39 is 24.1 Å². The molecule has 30 heavy (non-hydrogen) atoms. The molecular weight excluding hydrogens is 400 g/mol. The van der Waals surface area contributed by atoms with Crippen LogP contribution in [0.2, 0.25) is 0 Å². The summed E-state index contributed by atoms with van der Waals surface area (Å²) in [6, 6.07) is 8.11. The van der Waals surface area contributed by atoms with E-state index in [1.165, 1.54) is 11.4 Å². The molecule has 0 aliphatic heterocycles. The summed E-state index contributed by atoms with van der Waals surface area (Å²) in [5.74, 6) is -4.12. The largest absolute Gasteiger partial charge is 0.547 e. The average molecular weight is 430 g/mol. The Balaban J connectivity index is -0.000000353. The first-order valence-corrected chi connectivity index (χ1v) is 8.12. The number of aromatic amines is 2. The van der Waals surface area contributed by atoms with Crippen LogP contribution in [0.4, 0.5) is 11.4 Å². The lowest BCUT2D eigenvalue weighted by atomic mass is 10.2. The van der Waals surface area contributed by atoms with E-state index in [4.69, 9.17) is 10.2 Å². The van der Waals surface area contributed by atoms with E-state index in [9.17, 15) is 19.8 Å². The molecule has 0 saturated heterocycles. The number of H-pyrrole nitrogens is 2. The number of carbonyl (C=O) groups is 2. The second-order valence-electron chi connectivity index (χ2n) is 5.83. The van der Waals surface area contributed by atoms with Gasteiger partial charge in [-0.1, -0.05) is 0 Å². The molecule has 8 N–H and O–H groups in total. The van der Waals surface area contributed by atoms with E-state index in [1.807, 2.05) is 77.2 Å². The SMILES string of the molecule is CN(C)c1cc[nH+]cc1.CN(C)c1cc[nH+]cc1.O.O.O=C([O-])[C@H](O)[C@@H](O)C(=O)[O-]. The standard InChI is InChI=1S/2C7H10N2.C4H6O6.2H2O/c2*1-9(2)7-3-5-8-6-4-7;5-1(3(7)8)2(6)4(9)10;;/h2*3-6H,1-2H3;1-2,5-6H,(H,7,8)(H,9,10);2*1H2/t;;1-,2-;;/m..1../s1. The summed E-state index contributed by atoms with van der Waals surface area (Å²) >= 11 is 0. The summed E-state index contributed by atoms with van der Waals surface area (Å²) in [5, 5.41) is 35.7. The number of aliphatic hydroxyl groups excluding tert-OH is 2. The van der Waals surface area contributed by atoms with Crippen LogP contribution in [0.5, 0.6) is 0 Å². The Hall–Kier alpha value is -3.32. The average Bonchev–Trinajstić information content (AvgIpc) is 2.69. The van der Waals surface area contributed by atoms with Crippen molar-refractivity contribution >= 4 is 23.3 Å². The number of aromatic nitrogens is 2. The number of aliphatic hydroxyl groups is 2. The molecule has 0 unspecified atom stereocenters. The van der Waals surface area contributed by atoms with E-state index in [0.717, 1.165) is 0 Å². The van der Waals surface area contributed by atoms with Gasteiger partial charge in [-0.2, -0.15) is 0 Å². The number of carboxylic acid groups (broad SMARTS) is 2. The third-order valence-corrected chi connectivity index (χ3v) is 3.22. The van der Waals surface area contributed by atoms with Crippen molar-refractivity contribution in [2.75, 3.05) is 38.0 Å². The van der Waals surface area contributed by atoms with Crippen LogP contribution in [0, 0.1) is 0 Å². The molecule has 2 heterocycles. The molecule has 2 aromatic heterocycles. The number of aliphatic carboxylic acids is 2. The van der Waals surface area contributed by atoms with Gasteiger partial charge in [-0.3, -0.25) is 0 Å². The highest BCUT2D eigenvalue weighted by Gasteiger charge is 2.17. The Kier molecular flexibility index (Phi) is 17.4. The maximum absolute atomic E-state index is 9.63. The van der Waals surface area contributed by atoms with E-state index in [-0.39, 0.29) is 11.0 Å². The zero-order valence-electron chi connectivity index (χ0n) is 17.2.